The van der Waals surface area contributed by atoms with Crippen LogP contribution in [0.25, 0.3) is 0 Å². The Hall–Kier alpha value is 0.01000. The van der Waals surface area contributed by atoms with Crippen LogP contribution < -0.4 is 0 Å². The molecule has 0 aliphatic carbocycles. The van der Waals surface area contributed by atoms with E-state index in [2.05, 4.69) is 0 Å². The van der Waals surface area contributed by atoms with Gasteiger partial charge in [-0.15, -0.1) is 23.2 Å². The molecule has 1 atom stereocenters. The molecule has 62 valence electrons. The van der Waals surface area contributed by atoms with Gasteiger partial charge >= 0.3 is 0 Å². The van der Waals surface area contributed by atoms with Gasteiger partial charge in [0.25, 0.3) is 5.97 Å². The highest BCUT2D eigenvalue weighted by molar-refractivity contribution is 6.44. The largest absolute Gasteiger partial charge is 0.481 e. The maximum absolute atomic E-state index is 9.00. The van der Waals surface area contributed by atoms with Gasteiger partial charge in [-0.3, -0.25) is 4.79 Å². The summed E-state index contributed by atoms with van der Waals surface area (Å²) in [5, 5.41) is 15.8. The zero-order valence-corrected chi connectivity index (χ0v) is 7.23. The summed E-state index contributed by atoms with van der Waals surface area (Å²) < 4.78 is 0. The molecule has 0 bridgehead atoms. The Morgan fingerprint density at radius 3 is 1.60 bits per heavy atom. The quantitative estimate of drug-likeness (QED) is 0.610. The van der Waals surface area contributed by atoms with E-state index in [0.717, 1.165) is 6.92 Å². The lowest BCUT2D eigenvalue weighted by Crippen LogP contribution is -2.08. The van der Waals surface area contributed by atoms with Crippen molar-refractivity contribution in [2.75, 3.05) is 0 Å². The fraction of sp³-hybridized carbons (Fsp3) is 0.800. The SMILES string of the molecule is CC(=O)O.CC(O)C(Cl)Cl. The highest BCUT2D eigenvalue weighted by Crippen LogP contribution is 2.05. The molecule has 0 spiro atoms. The molecule has 3 nitrogen and oxygen atoms in total. The van der Waals surface area contributed by atoms with Crippen LogP contribution >= 0.6 is 23.2 Å². The second-order valence-electron chi connectivity index (χ2n) is 1.59. The zero-order chi connectivity index (χ0) is 8.73. The Balaban J connectivity index is 0. The number of rotatable bonds is 1. The first-order chi connectivity index (χ1) is 4.37. The molecule has 0 radical (unpaired) electrons. The number of hydrogen-bond donors (Lipinski definition) is 2. The lowest BCUT2D eigenvalue weighted by atomic mass is 10.5. The van der Waals surface area contributed by atoms with Crippen molar-refractivity contribution in [3.8, 4) is 0 Å². The fourth-order valence-electron chi connectivity index (χ4n) is 0. The van der Waals surface area contributed by atoms with Crippen LogP contribution in [0.2, 0.25) is 0 Å². The third kappa shape index (κ3) is 24.5. The van der Waals surface area contributed by atoms with Gasteiger partial charge in [0, 0.05) is 6.92 Å². The summed E-state index contributed by atoms with van der Waals surface area (Å²) in [5.74, 6) is -0.833. The van der Waals surface area contributed by atoms with Crippen molar-refractivity contribution in [2.24, 2.45) is 0 Å². The number of alkyl halides is 2. The van der Waals surface area contributed by atoms with Crippen LogP contribution in [0.1, 0.15) is 13.8 Å². The fourth-order valence-corrected chi connectivity index (χ4v) is 0. The van der Waals surface area contributed by atoms with E-state index >= 15 is 0 Å². The molecule has 0 heterocycles. The second kappa shape index (κ2) is 7.12. The van der Waals surface area contributed by atoms with Crippen LogP contribution in [0.15, 0.2) is 0 Å². The van der Waals surface area contributed by atoms with Crippen molar-refractivity contribution in [2.45, 2.75) is 24.8 Å². The predicted molar refractivity (Wildman–Crippen MR) is 40.5 cm³/mol. The first-order valence-corrected chi connectivity index (χ1v) is 3.41. The van der Waals surface area contributed by atoms with Crippen LogP contribution in [-0.2, 0) is 4.79 Å². The number of aliphatic hydroxyl groups is 1. The third-order valence-electron chi connectivity index (χ3n) is 0.365. The number of carboxylic acids is 1. The minimum atomic E-state index is -0.833. The Morgan fingerprint density at radius 2 is 1.60 bits per heavy atom. The van der Waals surface area contributed by atoms with E-state index in [0.29, 0.717) is 0 Å². The molecule has 5 heteroatoms. The maximum atomic E-state index is 9.00. The first-order valence-electron chi connectivity index (χ1n) is 2.53. The molecular formula is C5H10Cl2O3. The molecule has 0 amide bonds. The van der Waals surface area contributed by atoms with Crippen LogP contribution in [0.4, 0.5) is 0 Å². The molecule has 0 saturated heterocycles. The Labute approximate surface area is 69.6 Å². The van der Waals surface area contributed by atoms with E-state index in [1.54, 1.807) is 0 Å². The maximum Gasteiger partial charge on any atom is 0.300 e. The Kier molecular flexibility index (Phi) is 9.02. The molecule has 0 fully saturated rings. The van der Waals surface area contributed by atoms with Gasteiger partial charge < -0.3 is 10.2 Å². The summed E-state index contributed by atoms with van der Waals surface area (Å²) in [7, 11) is 0. The number of carboxylic acid groups (broad SMARTS) is 1. The van der Waals surface area contributed by atoms with Gasteiger partial charge in [-0.2, -0.15) is 0 Å². The molecular weight excluding hydrogens is 179 g/mol. The van der Waals surface area contributed by atoms with Gasteiger partial charge in [-0.05, 0) is 6.92 Å². The number of hydrogen-bond acceptors (Lipinski definition) is 2. The van der Waals surface area contributed by atoms with Gasteiger partial charge in [0.05, 0.1) is 6.10 Å². The van der Waals surface area contributed by atoms with Crippen molar-refractivity contribution in [3.63, 3.8) is 0 Å². The van der Waals surface area contributed by atoms with Crippen LogP contribution in [0.3, 0.4) is 0 Å². The summed E-state index contributed by atoms with van der Waals surface area (Å²) in [6.45, 7) is 2.62. The normalized spacial score (nSPS) is 11.8. The monoisotopic (exact) mass is 188 g/mol. The second-order valence-corrected chi connectivity index (χ2v) is 2.76. The lowest BCUT2D eigenvalue weighted by molar-refractivity contribution is -0.134. The summed E-state index contributed by atoms with van der Waals surface area (Å²) in [5.41, 5.74) is 0. The Morgan fingerprint density at radius 1 is 1.50 bits per heavy atom. The number of halogens is 2. The van der Waals surface area contributed by atoms with Crippen LogP contribution in [0.5, 0.6) is 0 Å². The molecule has 0 aliphatic heterocycles. The van der Waals surface area contributed by atoms with Gasteiger partial charge in [0.1, 0.15) is 4.84 Å². The van der Waals surface area contributed by atoms with Gasteiger partial charge in [-0.1, -0.05) is 0 Å². The van der Waals surface area contributed by atoms with Crippen molar-refractivity contribution < 1.29 is 15.0 Å². The van der Waals surface area contributed by atoms with E-state index in [4.69, 9.17) is 38.2 Å². The molecule has 2 N–H and O–H groups in total. The summed E-state index contributed by atoms with van der Waals surface area (Å²) >= 11 is 10.3. The average molecular weight is 189 g/mol. The highest BCUT2D eigenvalue weighted by atomic mass is 35.5. The van der Waals surface area contributed by atoms with Crippen molar-refractivity contribution in [3.05, 3.63) is 0 Å². The summed E-state index contributed by atoms with van der Waals surface area (Å²) in [6, 6.07) is 0. The number of aliphatic carboxylic acids is 1. The van der Waals surface area contributed by atoms with Crippen molar-refractivity contribution >= 4 is 29.2 Å². The average Bonchev–Trinajstić information content (AvgIpc) is 1.63. The topological polar surface area (TPSA) is 57.5 Å². The smallest absolute Gasteiger partial charge is 0.300 e. The van der Waals surface area contributed by atoms with E-state index in [9.17, 15) is 0 Å². The number of carbonyl (C=O) groups is 1. The molecule has 0 aromatic heterocycles. The van der Waals surface area contributed by atoms with E-state index in [-0.39, 0.29) is 0 Å². The summed E-state index contributed by atoms with van der Waals surface area (Å²) in [4.78, 5) is 8.35. The minimum absolute atomic E-state index is 0.617. The molecule has 10 heavy (non-hydrogen) atoms. The molecule has 0 aromatic carbocycles. The predicted octanol–water partition coefficient (Wildman–Crippen LogP) is 1.26. The summed E-state index contributed by atoms with van der Waals surface area (Å²) in [6.07, 6.45) is -0.617. The van der Waals surface area contributed by atoms with Crippen LogP contribution in [0, 0.1) is 0 Å². The van der Waals surface area contributed by atoms with Gasteiger partial charge in [-0.25, -0.2) is 0 Å². The molecule has 0 aliphatic rings. The third-order valence-corrected chi connectivity index (χ3v) is 1.09. The first kappa shape index (κ1) is 12.7. The van der Waals surface area contributed by atoms with Crippen molar-refractivity contribution in [1.29, 1.82) is 0 Å². The zero-order valence-electron chi connectivity index (χ0n) is 5.71. The van der Waals surface area contributed by atoms with Crippen molar-refractivity contribution in [1.82, 2.24) is 0 Å². The molecule has 0 aromatic rings. The Bertz CT molecular complexity index is 82.9. The van der Waals surface area contributed by atoms with E-state index < -0.39 is 16.9 Å². The minimum Gasteiger partial charge on any atom is -0.481 e. The molecule has 1 unspecified atom stereocenters. The van der Waals surface area contributed by atoms with E-state index in [1.165, 1.54) is 6.92 Å². The van der Waals surface area contributed by atoms with E-state index in [1.807, 2.05) is 0 Å². The van der Waals surface area contributed by atoms with Crippen LogP contribution in [-0.4, -0.2) is 27.1 Å². The lowest BCUT2D eigenvalue weighted by Gasteiger charge is -1.99. The molecule has 0 rings (SSSR count). The number of aliphatic hydroxyl groups excluding tert-OH is 1. The standard InChI is InChI=1S/C3H6Cl2O.C2H4O2/c1-2(6)3(4)5;1-2(3)4/h2-3,6H,1H3;1H3,(H,3,4). The van der Waals surface area contributed by atoms with Gasteiger partial charge in [0.2, 0.25) is 0 Å². The highest BCUT2D eigenvalue weighted by Gasteiger charge is 2.03. The van der Waals surface area contributed by atoms with Gasteiger partial charge in [0.15, 0.2) is 0 Å². The molecule has 0 saturated carbocycles.